The second-order valence-electron chi connectivity index (χ2n) is 6.19. The van der Waals surface area contributed by atoms with Crippen LogP contribution in [0.2, 0.25) is 0 Å². The van der Waals surface area contributed by atoms with Gasteiger partial charge in [-0.25, -0.2) is 4.79 Å². The Balaban J connectivity index is 4.99. The summed E-state index contributed by atoms with van der Waals surface area (Å²) in [5.74, 6) is -3.24. The third-order valence-electron chi connectivity index (χ3n) is 3.33. The molecule has 0 heterocycles. The van der Waals surface area contributed by atoms with Gasteiger partial charge in [0.2, 0.25) is 11.8 Å². The fraction of sp³-hybridized carbons (Fsp3) is 0.750. The van der Waals surface area contributed by atoms with Crippen molar-refractivity contribution in [3.63, 3.8) is 0 Å². The van der Waals surface area contributed by atoms with Crippen molar-refractivity contribution in [3.8, 4) is 0 Å². The Morgan fingerprint density at radius 3 is 2.08 bits per heavy atom. The molecule has 0 radical (unpaired) electrons. The molecular weight excluding hydrogens is 316 g/mol. The van der Waals surface area contributed by atoms with Gasteiger partial charge < -0.3 is 20.5 Å². The number of hydrogen-bond donors (Lipinski definition) is 3. The van der Waals surface area contributed by atoms with E-state index in [9.17, 15) is 24.3 Å². The van der Waals surface area contributed by atoms with Crippen molar-refractivity contribution in [2.45, 2.75) is 59.5 Å². The number of aliphatic carboxylic acids is 1. The number of carboxylic acid groups (broad SMARTS) is 1. The van der Waals surface area contributed by atoms with Crippen molar-refractivity contribution in [2.75, 3.05) is 6.61 Å². The number of carbonyl (C=O) groups excluding carboxylic acids is 3. The maximum Gasteiger partial charge on any atom is 0.326 e. The van der Waals surface area contributed by atoms with Crippen LogP contribution < -0.4 is 10.6 Å². The summed E-state index contributed by atoms with van der Waals surface area (Å²) in [6.07, 6.45) is 0.254. The zero-order chi connectivity index (χ0) is 18.9. The molecule has 0 aromatic heterocycles. The third kappa shape index (κ3) is 8.50. The molecule has 3 N–H and O–H groups in total. The van der Waals surface area contributed by atoms with Crippen LogP contribution in [-0.2, 0) is 23.9 Å². The van der Waals surface area contributed by atoms with Crippen molar-refractivity contribution < 1.29 is 29.0 Å². The van der Waals surface area contributed by atoms with Gasteiger partial charge in [0.25, 0.3) is 0 Å². The summed E-state index contributed by atoms with van der Waals surface area (Å²) in [5, 5.41) is 14.3. The van der Waals surface area contributed by atoms with Crippen LogP contribution in [0.15, 0.2) is 0 Å². The van der Waals surface area contributed by atoms with Crippen molar-refractivity contribution >= 4 is 23.8 Å². The van der Waals surface area contributed by atoms with Crippen LogP contribution in [-0.4, -0.2) is 47.6 Å². The summed E-state index contributed by atoms with van der Waals surface area (Å²) in [5.41, 5.74) is 0. The van der Waals surface area contributed by atoms with E-state index < -0.39 is 35.8 Å². The quantitative estimate of drug-likeness (QED) is 0.501. The van der Waals surface area contributed by atoms with E-state index in [0.29, 0.717) is 6.42 Å². The minimum absolute atomic E-state index is 0.125. The minimum Gasteiger partial charge on any atom is -0.480 e. The molecule has 0 aliphatic rings. The molecule has 0 aliphatic heterocycles. The first-order chi connectivity index (χ1) is 11.1. The number of carboxylic acids is 1. The summed E-state index contributed by atoms with van der Waals surface area (Å²) in [4.78, 5) is 46.5. The molecule has 24 heavy (non-hydrogen) atoms. The van der Waals surface area contributed by atoms with Gasteiger partial charge in [0, 0.05) is 6.92 Å². The Bertz CT molecular complexity index is 463. The van der Waals surface area contributed by atoms with E-state index in [1.807, 2.05) is 13.8 Å². The topological polar surface area (TPSA) is 122 Å². The molecular formula is C16H28N2O6. The van der Waals surface area contributed by atoms with E-state index in [0.717, 1.165) is 0 Å². The highest BCUT2D eigenvalue weighted by molar-refractivity contribution is 5.90. The van der Waals surface area contributed by atoms with Gasteiger partial charge in [0.15, 0.2) is 0 Å². The van der Waals surface area contributed by atoms with E-state index in [1.54, 1.807) is 13.8 Å². The minimum atomic E-state index is -1.25. The van der Waals surface area contributed by atoms with Gasteiger partial charge in [-0.05, 0) is 25.2 Å². The Morgan fingerprint density at radius 2 is 1.67 bits per heavy atom. The first-order valence-electron chi connectivity index (χ1n) is 8.04. The zero-order valence-corrected chi connectivity index (χ0v) is 14.9. The fourth-order valence-electron chi connectivity index (χ4n) is 2.25. The van der Waals surface area contributed by atoms with Gasteiger partial charge in [0.1, 0.15) is 12.1 Å². The number of amides is 2. The van der Waals surface area contributed by atoms with Gasteiger partial charge in [-0.1, -0.05) is 20.8 Å². The van der Waals surface area contributed by atoms with Crippen LogP contribution in [0.25, 0.3) is 0 Å². The van der Waals surface area contributed by atoms with Crippen LogP contribution in [0.3, 0.4) is 0 Å². The van der Waals surface area contributed by atoms with E-state index in [2.05, 4.69) is 10.6 Å². The Morgan fingerprint density at radius 1 is 1.08 bits per heavy atom. The number of nitrogens with one attached hydrogen (secondary N) is 2. The van der Waals surface area contributed by atoms with Crippen LogP contribution >= 0.6 is 0 Å². The molecule has 0 aromatic carbocycles. The predicted molar refractivity (Wildman–Crippen MR) is 87.0 cm³/mol. The highest BCUT2D eigenvalue weighted by atomic mass is 16.5. The van der Waals surface area contributed by atoms with E-state index >= 15 is 0 Å². The Hall–Kier alpha value is -2.12. The number of ether oxygens (including phenoxy) is 1. The van der Waals surface area contributed by atoms with Crippen LogP contribution in [0, 0.1) is 11.8 Å². The molecule has 2 amide bonds. The average molecular weight is 344 g/mol. The highest BCUT2D eigenvalue weighted by Crippen LogP contribution is 2.12. The number of esters is 1. The second kappa shape index (κ2) is 10.6. The smallest absolute Gasteiger partial charge is 0.326 e. The standard InChI is InChI=1S/C16H28N2O6/c1-6-24-13(20)8-10(4)14(16(22)23)18-15(21)12(7-9(2)3)17-11(5)19/h9-10,12,14H,6-8H2,1-5H3,(H,17,19)(H,18,21)(H,22,23)/t10-,12-,14-/m0/s1. The largest absolute Gasteiger partial charge is 0.480 e. The van der Waals surface area contributed by atoms with E-state index in [-0.39, 0.29) is 24.9 Å². The molecule has 0 aromatic rings. The van der Waals surface area contributed by atoms with E-state index in [1.165, 1.54) is 6.92 Å². The van der Waals surface area contributed by atoms with Gasteiger partial charge in [-0.15, -0.1) is 0 Å². The van der Waals surface area contributed by atoms with Crippen molar-refractivity contribution in [2.24, 2.45) is 11.8 Å². The molecule has 0 saturated carbocycles. The van der Waals surface area contributed by atoms with E-state index in [4.69, 9.17) is 4.74 Å². The molecule has 138 valence electrons. The van der Waals surface area contributed by atoms with Crippen molar-refractivity contribution in [1.82, 2.24) is 10.6 Å². The zero-order valence-electron chi connectivity index (χ0n) is 14.9. The number of carbonyl (C=O) groups is 4. The molecule has 8 nitrogen and oxygen atoms in total. The summed E-state index contributed by atoms with van der Waals surface area (Å²) in [6, 6.07) is -2.07. The molecule has 0 aliphatic carbocycles. The molecule has 0 unspecified atom stereocenters. The third-order valence-corrected chi connectivity index (χ3v) is 3.33. The molecule has 8 heteroatoms. The summed E-state index contributed by atoms with van der Waals surface area (Å²) in [6.45, 7) is 8.47. The Kier molecular flexibility index (Phi) is 9.68. The van der Waals surface area contributed by atoms with Gasteiger partial charge in [-0.3, -0.25) is 14.4 Å². The Labute approximate surface area is 142 Å². The van der Waals surface area contributed by atoms with Gasteiger partial charge in [-0.2, -0.15) is 0 Å². The van der Waals surface area contributed by atoms with Crippen molar-refractivity contribution in [3.05, 3.63) is 0 Å². The summed E-state index contributed by atoms with van der Waals surface area (Å²) >= 11 is 0. The molecule has 0 bridgehead atoms. The monoisotopic (exact) mass is 344 g/mol. The fourth-order valence-corrected chi connectivity index (χ4v) is 2.25. The maximum atomic E-state index is 12.3. The lowest BCUT2D eigenvalue weighted by molar-refractivity contribution is -0.147. The summed E-state index contributed by atoms with van der Waals surface area (Å²) in [7, 11) is 0. The molecule has 0 rings (SSSR count). The van der Waals surface area contributed by atoms with Crippen LogP contribution in [0.4, 0.5) is 0 Å². The number of rotatable bonds is 10. The molecule has 0 saturated heterocycles. The lowest BCUT2D eigenvalue weighted by atomic mass is 9.97. The summed E-state index contributed by atoms with van der Waals surface area (Å²) < 4.78 is 4.80. The average Bonchev–Trinajstić information content (AvgIpc) is 2.42. The first kappa shape index (κ1) is 21.9. The predicted octanol–water partition coefficient (Wildman–Crippen LogP) is 0.696. The van der Waals surface area contributed by atoms with Crippen LogP contribution in [0.1, 0.15) is 47.5 Å². The normalized spacial score (nSPS) is 14.4. The van der Waals surface area contributed by atoms with Gasteiger partial charge >= 0.3 is 11.9 Å². The van der Waals surface area contributed by atoms with Crippen LogP contribution in [0.5, 0.6) is 0 Å². The lowest BCUT2D eigenvalue weighted by Crippen LogP contribution is -2.53. The molecule has 3 atom stereocenters. The van der Waals surface area contributed by atoms with Gasteiger partial charge in [0.05, 0.1) is 13.0 Å². The maximum absolute atomic E-state index is 12.3. The number of hydrogen-bond acceptors (Lipinski definition) is 5. The van der Waals surface area contributed by atoms with Crippen molar-refractivity contribution in [1.29, 1.82) is 0 Å². The second-order valence-corrected chi connectivity index (χ2v) is 6.19. The molecule has 0 fully saturated rings. The lowest BCUT2D eigenvalue weighted by Gasteiger charge is -2.25. The molecule has 0 spiro atoms. The highest BCUT2D eigenvalue weighted by Gasteiger charge is 2.31. The SMILES string of the molecule is CCOC(=O)C[C@H](C)[C@H](NC(=O)[C@H](CC(C)C)NC(C)=O)C(=O)O. The first-order valence-corrected chi connectivity index (χ1v) is 8.04.